The van der Waals surface area contributed by atoms with Gasteiger partial charge in [-0.2, -0.15) is 0 Å². The van der Waals surface area contributed by atoms with E-state index in [1.165, 1.54) is 0 Å². The van der Waals surface area contributed by atoms with E-state index in [9.17, 15) is 9.59 Å². The molecule has 0 aromatic heterocycles. The van der Waals surface area contributed by atoms with Gasteiger partial charge in [0, 0.05) is 23.9 Å². The first-order chi connectivity index (χ1) is 12.5. The Hall–Kier alpha value is -3.22. The molecule has 0 aliphatic rings. The van der Waals surface area contributed by atoms with E-state index in [-0.39, 0.29) is 6.42 Å². The van der Waals surface area contributed by atoms with Crippen molar-refractivity contribution in [3.05, 3.63) is 48.0 Å². The molecule has 0 unspecified atom stereocenters. The molecule has 0 aliphatic heterocycles. The maximum Gasteiger partial charge on any atom is 0.323 e. The van der Waals surface area contributed by atoms with Crippen LogP contribution in [0.4, 0.5) is 16.2 Å². The van der Waals surface area contributed by atoms with Gasteiger partial charge in [-0.3, -0.25) is 4.79 Å². The minimum absolute atomic E-state index is 0.0434. The van der Waals surface area contributed by atoms with Crippen LogP contribution in [0.15, 0.2) is 42.5 Å². The van der Waals surface area contributed by atoms with Crippen LogP contribution in [0.3, 0.4) is 0 Å². The van der Waals surface area contributed by atoms with Gasteiger partial charge in [0.05, 0.1) is 13.7 Å². The first kappa shape index (κ1) is 19.1. The van der Waals surface area contributed by atoms with E-state index < -0.39 is 12.0 Å². The van der Waals surface area contributed by atoms with Gasteiger partial charge in [-0.1, -0.05) is 12.1 Å². The molecule has 0 radical (unpaired) electrons. The number of carbonyl (C=O) groups is 2. The molecule has 0 fully saturated rings. The standard InChI is InChI=1S/C19H22N2O5/c1-3-26-17-12-15(8-9-16(17)25-2)21-19(24)20-14-6-4-5-13(11-14)7-10-18(22)23/h4-6,8-9,11-12H,3,7,10H2,1-2H3,(H,22,23)(H2,20,21,24). The summed E-state index contributed by atoms with van der Waals surface area (Å²) in [6.07, 6.45) is 0.449. The molecule has 0 atom stereocenters. The molecular weight excluding hydrogens is 336 g/mol. The van der Waals surface area contributed by atoms with Gasteiger partial charge in [0.2, 0.25) is 0 Å². The van der Waals surface area contributed by atoms with Crippen molar-refractivity contribution in [1.82, 2.24) is 0 Å². The maximum atomic E-state index is 12.2. The number of rotatable bonds is 8. The molecule has 3 N–H and O–H groups in total. The monoisotopic (exact) mass is 358 g/mol. The molecule has 0 bridgehead atoms. The predicted molar refractivity (Wildman–Crippen MR) is 99.2 cm³/mol. The number of ether oxygens (including phenoxy) is 2. The number of nitrogens with one attached hydrogen (secondary N) is 2. The molecule has 2 rings (SSSR count). The summed E-state index contributed by atoms with van der Waals surface area (Å²) >= 11 is 0. The quantitative estimate of drug-likeness (QED) is 0.668. The van der Waals surface area contributed by atoms with Gasteiger partial charge >= 0.3 is 12.0 Å². The Morgan fingerprint density at radius 2 is 1.77 bits per heavy atom. The molecule has 138 valence electrons. The van der Waals surface area contributed by atoms with Crippen molar-refractivity contribution in [2.24, 2.45) is 0 Å². The van der Waals surface area contributed by atoms with E-state index in [1.54, 1.807) is 43.5 Å². The molecule has 2 aromatic rings. The summed E-state index contributed by atoms with van der Waals surface area (Å²) in [7, 11) is 1.55. The van der Waals surface area contributed by atoms with Crippen LogP contribution in [0, 0.1) is 0 Å². The average molecular weight is 358 g/mol. The number of anilines is 2. The lowest BCUT2D eigenvalue weighted by Gasteiger charge is -2.12. The molecule has 0 saturated heterocycles. The molecule has 26 heavy (non-hydrogen) atoms. The van der Waals surface area contributed by atoms with Gasteiger partial charge in [0.15, 0.2) is 11.5 Å². The minimum Gasteiger partial charge on any atom is -0.493 e. The Bertz CT molecular complexity index is 776. The zero-order chi connectivity index (χ0) is 18.9. The molecule has 2 aromatic carbocycles. The maximum absolute atomic E-state index is 12.2. The molecule has 7 heteroatoms. The number of carboxylic acids is 1. The second-order valence-electron chi connectivity index (χ2n) is 5.47. The highest BCUT2D eigenvalue weighted by atomic mass is 16.5. The van der Waals surface area contributed by atoms with Gasteiger partial charge in [-0.25, -0.2) is 4.79 Å². The summed E-state index contributed by atoms with van der Waals surface area (Å²) in [5, 5.41) is 14.2. The van der Waals surface area contributed by atoms with Gasteiger partial charge in [-0.15, -0.1) is 0 Å². The Kier molecular flexibility index (Phi) is 6.84. The first-order valence-corrected chi connectivity index (χ1v) is 8.21. The number of aryl methyl sites for hydroxylation is 1. The van der Waals surface area contributed by atoms with Crippen molar-refractivity contribution < 1.29 is 24.2 Å². The fourth-order valence-corrected chi connectivity index (χ4v) is 2.37. The summed E-state index contributed by atoms with van der Waals surface area (Å²) in [5.74, 6) is 0.276. The molecule has 0 saturated carbocycles. The van der Waals surface area contributed by atoms with Crippen molar-refractivity contribution in [1.29, 1.82) is 0 Å². The van der Waals surface area contributed by atoms with E-state index in [0.29, 0.717) is 35.9 Å². The van der Waals surface area contributed by atoms with E-state index in [4.69, 9.17) is 14.6 Å². The molecule has 7 nitrogen and oxygen atoms in total. The highest BCUT2D eigenvalue weighted by Gasteiger charge is 2.09. The second-order valence-corrected chi connectivity index (χ2v) is 5.47. The Labute approximate surface area is 151 Å². The fourth-order valence-electron chi connectivity index (χ4n) is 2.37. The largest absolute Gasteiger partial charge is 0.493 e. The fraction of sp³-hybridized carbons (Fsp3) is 0.263. The Morgan fingerprint density at radius 1 is 1.04 bits per heavy atom. The number of methoxy groups -OCH3 is 1. The van der Waals surface area contributed by atoms with Gasteiger partial charge in [0.1, 0.15) is 0 Å². The SMILES string of the molecule is CCOc1cc(NC(=O)Nc2cccc(CCC(=O)O)c2)ccc1OC. The average Bonchev–Trinajstić information content (AvgIpc) is 2.61. The van der Waals surface area contributed by atoms with Crippen LogP contribution in [0.5, 0.6) is 11.5 Å². The van der Waals surface area contributed by atoms with E-state index in [0.717, 1.165) is 5.56 Å². The third-order valence-corrected chi connectivity index (χ3v) is 3.53. The number of carboxylic acid groups (broad SMARTS) is 1. The summed E-state index contributed by atoms with van der Waals surface area (Å²) in [5.41, 5.74) is 1.99. The number of benzene rings is 2. The van der Waals surface area contributed by atoms with Crippen LogP contribution in [0.25, 0.3) is 0 Å². The highest BCUT2D eigenvalue weighted by molar-refractivity contribution is 6.00. The van der Waals surface area contributed by atoms with Crippen molar-refractivity contribution in [3.63, 3.8) is 0 Å². The number of hydrogen-bond donors (Lipinski definition) is 3. The summed E-state index contributed by atoms with van der Waals surface area (Å²) in [6.45, 7) is 2.35. The van der Waals surface area contributed by atoms with Crippen LogP contribution in [0.2, 0.25) is 0 Å². The number of amides is 2. The highest BCUT2D eigenvalue weighted by Crippen LogP contribution is 2.30. The molecule has 0 aliphatic carbocycles. The van der Waals surface area contributed by atoms with E-state index in [2.05, 4.69) is 10.6 Å². The Balaban J connectivity index is 2.01. The van der Waals surface area contributed by atoms with Gasteiger partial charge in [-0.05, 0) is 43.2 Å². The zero-order valence-electron chi connectivity index (χ0n) is 14.7. The number of urea groups is 1. The summed E-state index contributed by atoms with van der Waals surface area (Å²) in [4.78, 5) is 22.9. The number of carbonyl (C=O) groups excluding carboxylic acids is 1. The zero-order valence-corrected chi connectivity index (χ0v) is 14.7. The van der Waals surface area contributed by atoms with E-state index in [1.807, 2.05) is 13.0 Å². The van der Waals surface area contributed by atoms with Crippen molar-refractivity contribution >= 4 is 23.4 Å². The van der Waals surface area contributed by atoms with Crippen molar-refractivity contribution in [3.8, 4) is 11.5 Å². The molecule has 2 amide bonds. The molecule has 0 spiro atoms. The molecular formula is C19H22N2O5. The third-order valence-electron chi connectivity index (χ3n) is 3.53. The number of hydrogen-bond acceptors (Lipinski definition) is 4. The molecule has 0 heterocycles. The van der Waals surface area contributed by atoms with Crippen LogP contribution in [-0.2, 0) is 11.2 Å². The van der Waals surface area contributed by atoms with E-state index >= 15 is 0 Å². The topological polar surface area (TPSA) is 96.9 Å². The van der Waals surface area contributed by atoms with Gasteiger partial charge in [0.25, 0.3) is 0 Å². The van der Waals surface area contributed by atoms with Gasteiger partial charge < -0.3 is 25.2 Å². The van der Waals surface area contributed by atoms with Crippen molar-refractivity contribution in [2.45, 2.75) is 19.8 Å². The van der Waals surface area contributed by atoms with Crippen LogP contribution in [-0.4, -0.2) is 30.8 Å². The second kappa shape index (κ2) is 9.31. The summed E-state index contributed by atoms with van der Waals surface area (Å²) < 4.78 is 10.7. The lowest BCUT2D eigenvalue weighted by molar-refractivity contribution is -0.136. The normalized spacial score (nSPS) is 10.1. The van der Waals surface area contributed by atoms with Crippen molar-refractivity contribution in [2.75, 3.05) is 24.4 Å². The third kappa shape index (κ3) is 5.70. The lowest BCUT2D eigenvalue weighted by atomic mass is 10.1. The minimum atomic E-state index is -0.856. The Morgan fingerprint density at radius 3 is 2.42 bits per heavy atom. The number of aliphatic carboxylic acids is 1. The predicted octanol–water partition coefficient (Wildman–Crippen LogP) is 3.76. The summed E-state index contributed by atoms with van der Waals surface area (Å²) in [6, 6.07) is 11.8. The van der Waals surface area contributed by atoms with Crippen LogP contribution >= 0.6 is 0 Å². The lowest BCUT2D eigenvalue weighted by Crippen LogP contribution is -2.19. The van der Waals surface area contributed by atoms with Crippen LogP contribution < -0.4 is 20.1 Å². The van der Waals surface area contributed by atoms with Crippen LogP contribution in [0.1, 0.15) is 18.9 Å². The first-order valence-electron chi connectivity index (χ1n) is 8.21. The smallest absolute Gasteiger partial charge is 0.323 e.